The molecule has 1 fully saturated rings. The third-order valence-electron chi connectivity index (χ3n) is 4.46. The van der Waals surface area contributed by atoms with Crippen LogP contribution in [0.5, 0.6) is 0 Å². The van der Waals surface area contributed by atoms with Gasteiger partial charge in [-0.1, -0.05) is 26.0 Å². The molecule has 1 heterocycles. The molecule has 1 atom stereocenters. The van der Waals surface area contributed by atoms with E-state index in [9.17, 15) is 4.79 Å². The van der Waals surface area contributed by atoms with Gasteiger partial charge in [0.2, 0.25) is 0 Å². The van der Waals surface area contributed by atoms with Crippen LogP contribution < -0.4 is 11.1 Å². The van der Waals surface area contributed by atoms with Crippen molar-refractivity contribution in [2.24, 2.45) is 17.6 Å². The molecule has 4 heteroatoms. The fourth-order valence-electron chi connectivity index (χ4n) is 2.84. The fourth-order valence-corrected chi connectivity index (χ4v) is 2.84. The molecule has 2 rings (SSSR count). The summed E-state index contributed by atoms with van der Waals surface area (Å²) in [6.07, 6.45) is 2.21. The van der Waals surface area contributed by atoms with Crippen LogP contribution in [-0.4, -0.2) is 24.0 Å². The third-order valence-corrected chi connectivity index (χ3v) is 4.46. The van der Waals surface area contributed by atoms with Gasteiger partial charge < -0.3 is 16.0 Å². The number of piperidine rings is 1. The molecule has 2 amide bonds. The minimum atomic E-state index is 0.00533. The van der Waals surface area contributed by atoms with Crippen molar-refractivity contribution < 1.29 is 4.79 Å². The van der Waals surface area contributed by atoms with E-state index in [0.29, 0.717) is 5.92 Å². The number of hydrogen-bond donors (Lipinski definition) is 2. The standard InChI is InChI=1S/C17H27N3O/c1-12(2)14-8-10-20(11-9-14)17(21)19-16-6-4-15(5-7-16)13(3)18/h4-7,12-14H,8-11,18H2,1-3H3,(H,19,21). The molecule has 0 aliphatic carbocycles. The number of benzene rings is 1. The number of nitrogens with two attached hydrogens (primary N) is 1. The Morgan fingerprint density at radius 2 is 1.76 bits per heavy atom. The number of hydrogen-bond acceptors (Lipinski definition) is 2. The number of anilines is 1. The normalized spacial score (nSPS) is 17.9. The molecule has 0 radical (unpaired) electrons. The van der Waals surface area contributed by atoms with Crippen molar-refractivity contribution in [1.29, 1.82) is 0 Å². The number of likely N-dealkylation sites (tertiary alicyclic amines) is 1. The van der Waals surface area contributed by atoms with Crippen LogP contribution >= 0.6 is 0 Å². The summed E-state index contributed by atoms with van der Waals surface area (Å²) >= 11 is 0. The predicted molar refractivity (Wildman–Crippen MR) is 87.2 cm³/mol. The fraction of sp³-hybridized carbons (Fsp3) is 0.588. The van der Waals surface area contributed by atoms with Gasteiger partial charge in [-0.3, -0.25) is 0 Å². The van der Waals surface area contributed by atoms with Crippen molar-refractivity contribution in [2.45, 2.75) is 39.7 Å². The Bertz CT molecular complexity index is 459. The second-order valence-corrected chi connectivity index (χ2v) is 6.41. The lowest BCUT2D eigenvalue weighted by molar-refractivity contribution is 0.167. The van der Waals surface area contributed by atoms with Gasteiger partial charge >= 0.3 is 6.03 Å². The first-order chi connectivity index (χ1) is 9.97. The van der Waals surface area contributed by atoms with Crippen molar-refractivity contribution in [1.82, 2.24) is 4.90 Å². The van der Waals surface area contributed by atoms with E-state index in [1.807, 2.05) is 36.1 Å². The Balaban J connectivity index is 1.87. The van der Waals surface area contributed by atoms with Crippen LogP contribution in [0.25, 0.3) is 0 Å². The largest absolute Gasteiger partial charge is 0.325 e. The van der Waals surface area contributed by atoms with Gasteiger partial charge in [0.25, 0.3) is 0 Å². The summed E-state index contributed by atoms with van der Waals surface area (Å²) in [5, 5.41) is 2.97. The van der Waals surface area contributed by atoms with Crippen molar-refractivity contribution >= 4 is 11.7 Å². The second-order valence-electron chi connectivity index (χ2n) is 6.41. The lowest BCUT2D eigenvalue weighted by Crippen LogP contribution is -2.41. The minimum Gasteiger partial charge on any atom is -0.325 e. The zero-order chi connectivity index (χ0) is 15.4. The number of carbonyl (C=O) groups excluding carboxylic acids is 1. The Kier molecular flexibility index (Phi) is 5.23. The minimum absolute atomic E-state index is 0.00533. The highest BCUT2D eigenvalue weighted by atomic mass is 16.2. The summed E-state index contributed by atoms with van der Waals surface area (Å²) in [4.78, 5) is 14.2. The molecular formula is C17H27N3O. The topological polar surface area (TPSA) is 58.4 Å². The first-order valence-corrected chi connectivity index (χ1v) is 7.89. The molecule has 1 aromatic rings. The highest BCUT2D eigenvalue weighted by Gasteiger charge is 2.24. The van der Waals surface area contributed by atoms with Crippen molar-refractivity contribution in [3.05, 3.63) is 29.8 Å². The zero-order valence-electron chi connectivity index (χ0n) is 13.3. The number of rotatable bonds is 3. The number of amides is 2. The Hall–Kier alpha value is -1.55. The molecule has 0 aromatic heterocycles. The Morgan fingerprint density at radius 1 is 1.19 bits per heavy atom. The molecule has 0 saturated carbocycles. The van der Waals surface area contributed by atoms with Crippen LogP contribution in [0.3, 0.4) is 0 Å². The Labute approximate surface area is 127 Å². The summed E-state index contributed by atoms with van der Waals surface area (Å²) in [6.45, 7) is 8.19. The van der Waals surface area contributed by atoms with Crippen molar-refractivity contribution in [3.8, 4) is 0 Å². The molecule has 0 bridgehead atoms. The van der Waals surface area contributed by atoms with Crippen LogP contribution in [0.4, 0.5) is 10.5 Å². The van der Waals surface area contributed by atoms with Crippen LogP contribution in [0.1, 0.15) is 45.2 Å². The maximum atomic E-state index is 12.3. The molecule has 1 aliphatic heterocycles. The van der Waals surface area contributed by atoms with Gasteiger partial charge in [0.15, 0.2) is 0 Å². The highest BCUT2D eigenvalue weighted by Crippen LogP contribution is 2.25. The number of nitrogens with one attached hydrogen (secondary N) is 1. The third kappa shape index (κ3) is 4.21. The van der Waals surface area contributed by atoms with E-state index in [-0.39, 0.29) is 12.1 Å². The quantitative estimate of drug-likeness (QED) is 0.893. The van der Waals surface area contributed by atoms with Crippen LogP contribution in [-0.2, 0) is 0 Å². The Morgan fingerprint density at radius 3 is 2.24 bits per heavy atom. The van der Waals surface area contributed by atoms with E-state index in [2.05, 4.69) is 19.2 Å². The van der Waals surface area contributed by atoms with Gasteiger partial charge in [-0.05, 0) is 49.3 Å². The second kappa shape index (κ2) is 6.94. The predicted octanol–water partition coefficient (Wildman–Crippen LogP) is 3.61. The lowest BCUT2D eigenvalue weighted by atomic mass is 9.87. The van der Waals surface area contributed by atoms with E-state index in [1.54, 1.807) is 0 Å². The first kappa shape index (κ1) is 15.8. The van der Waals surface area contributed by atoms with Crippen LogP contribution in [0.15, 0.2) is 24.3 Å². The van der Waals surface area contributed by atoms with Gasteiger partial charge in [-0.2, -0.15) is 0 Å². The molecule has 1 aliphatic rings. The van der Waals surface area contributed by atoms with E-state index in [4.69, 9.17) is 5.73 Å². The summed E-state index contributed by atoms with van der Waals surface area (Å²) in [6, 6.07) is 7.78. The van der Waals surface area contributed by atoms with Crippen molar-refractivity contribution in [2.75, 3.05) is 18.4 Å². The smallest absolute Gasteiger partial charge is 0.321 e. The average Bonchev–Trinajstić information content (AvgIpc) is 2.47. The molecule has 21 heavy (non-hydrogen) atoms. The lowest BCUT2D eigenvalue weighted by Gasteiger charge is -2.33. The van der Waals surface area contributed by atoms with E-state index >= 15 is 0 Å². The van der Waals surface area contributed by atoms with Gasteiger partial charge in [0.1, 0.15) is 0 Å². The van der Waals surface area contributed by atoms with Crippen molar-refractivity contribution in [3.63, 3.8) is 0 Å². The number of nitrogens with zero attached hydrogens (tertiary/aromatic N) is 1. The van der Waals surface area contributed by atoms with Gasteiger partial charge in [0.05, 0.1) is 0 Å². The molecule has 3 N–H and O–H groups in total. The zero-order valence-corrected chi connectivity index (χ0v) is 13.3. The summed E-state index contributed by atoms with van der Waals surface area (Å²) < 4.78 is 0. The summed E-state index contributed by atoms with van der Waals surface area (Å²) in [5.74, 6) is 1.46. The molecule has 0 spiro atoms. The molecule has 1 aromatic carbocycles. The van der Waals surface area contributed by atoms with E-state index in [0.717, 1.165) is 43.1 Å². The average molecular weight is 289 g/mol. The van der Waals surface area contributed by atoms with Gasteiger partial charge in [-0.25, -0.2) is 4.79 Å². The maximum absolute atomic E-state index is 12.3. The van der Waals surface area contributed by atoms with E-state index < -0.39 is 0 Å². The molecule has 4 nitrogen and oxygen atoms in total. The number of urea groups is 1. The highest BCUT2D eigenvalue weighted by molar-refractivity contribution is 5.89. The van der Waals surface area contributed by atoms with E-state index in [1.165, 1.54) is 0 Å². The molecule has 1 saturated heterocycles. The van der Waals surface area contributed by atoms with Crippen LogP contribution in [0, 0.1) is 11.8 Å². The maximum Gasteiger partial charge on any atom is 0.321 e. The van der Waals surface area contributed by atoms with Gasteiger partial charge in [-0.15, -0.1) is 0 Å². The molecule has 1 unspecified atom stereocenters. The van der Waals surface area contributed by atoms with Gasteiger partial charge in [0, 0.05) is 24.8 Å². The van der Waals surface area contributed by atoms with Crippen LogP contribution in [0.2, 0.25) is 0 Å². The SMILES string of the molecule is CC(N)c1ccc(NC(=O)N2CCC(C(C)C)CC2)cc1. The molecular weight excluding hydrogens is 262 g/mol. The summed E-state index contributed by atoms with van der Waals surface area (Å²) in [5.41, 5.74) is 7.73. The first-order valence-electron chi connectivity index (χ1n) is 7.89. The monoisotopic (exact) mass is 289 g/mol. The number of carbonyl (C=O) groups is 1. The summed E-state index contributed by atoms with van der Waals surface area (Å²) in [7, 11) is 0. The molecule has 116 valence electrons.